The van der Waals surface area contributed by atoms with Crippen LogP contribution in [0, 0.1) is 0 Å². The fourth-order valence-electron chi connectivity index (χ4n) is 2.55. The Bertz CT molecular complexity index is 464. The predicted molar refractivity (Wildman–Crippen MR) is 67.9 cm³/mol. The molecule has 0 radical (unpaired) electrons. The first kappa shape index (κ1) is 13.1. The fourth-order valence-corrected chi connectivity index (χ4v) is 2.55. The highest BCUT2D eigenvalue weighted by atomic mass is 16.5. The standard InChI is InChI=1S/C13H20N2O3/c1-8(18-2)7-10-14-12(16)11(13(17)15-10)9-5-3-4-6-9/h8-9H,3-7H2,1-2H3,(H2,14,15,16,17). The van der Waals surface area contributed by atoms with Gasteiger partial charge in [-0.05, 0) is 25.7 Å². The molecule has 18 heavy (non-hydrogen) atoms. The highest BCUT2D eigenvalue weighted by molar-refractivity contribution is 5.27. The van der Waals surface area contributed by atoms with Crippen molar-refractivity contribution in [2.75, 3.05) is 7.11 Å². The van der Waals surface area contributed by atoms with Gasteiger partial charge >= 0.3 is 0 Å². The molecule has 100 valence electrons. The third-order valence-corrected chi connectivity index (χ3v) is 3.63. The van der Waals surface area contributed by atoms with E-state index in [1.807, 2.05) is 6.92 Å². The fraction of sp³-hybridized carbons (Fsp3) is 0.692. The molecule has 1 aromatic heterocycles. The van der Waals surface area contributed by atoms with Crippen molar-refractivity contribution in [2.24, 2.45) is 0 Å². The molecule has 2 rings (SSSR count). The molecular weight excluding hydrogens is 232 g/mol. The van der Waals surface area contributed by atoms with Crippen LogP contribution in [0.25, 0.3) is 0 Å². The van der Waals surface area contributed by atoms with E-state index >= 15 is 0 Å². The van der Waals surface area contributed by atoms with Crippen LogP contribution in [0.15, 0.2) is 4.79 Å². The Morgan fingerprint density at radius 2 is 2.17 bits per heavy atom. The topological polar surface area (TPSA) is 75.2 Å². The molecule has 0 bridgehead atoms. The van der Waals surface area contributed by atoms with Gasteiger partial charge in [0.25, 0.3) is 5.56 Å². The summed E-state index contributed by atoms with van der Waals surface area (Å²) in [5, 5.41) is 9.95. The van der Waals surface area contributed by atoms with Gasteiger partial charge in [0, 0.05) is 13.5 Å². The molecule has 0 amide bonds. The Balaban J connectivity index is 2.26. The lowest BCUT2D eigenvalue weighted by molar-refractivity contribution is 0.117. The summed E-state index contributed by atoms with van der Waals surface area (Å²) in [5.74, 6) is 0.535. The Kier molecular flexibility index (Phi) is 4.01. The Hall–Kier alpha value is -1.36. The number of aromatic hydroxyl groups is 1. The number of hydrogen-bond donors (Lipinski definition) is 2. The summed E-state index contributed by atoms with van der Waals surface area (Å²) in [6.07, 6.45) is 4.62. The van der Waals surface area contributed by atoms with Crippen LogP contribution in [0.2, 0.25) is 0 Å². The molecule has 1 fully saturated rings. The van der Waals surface area contributed by atoms with E-state index in [1.54, 1.807) is 7.11 Å². The number of nitrogens with one attached hydrogen (secondary N) is 1. The first-order valence-corrected chi connectivity index (χ1v) is 6.46. The van der Waals surface area contributed by atoms with Crippen molar-refractivity contribution in [3.8, 4) is 5.88 Å². The molecule has 0 spiro atoms. The summed E-state index contributed by atoms with van der Waals surface area (Å²) < 4.78 is 5.12. The minimum absolute atomic E-state index is 0.0371. The number of aromatic amines is 1. The van der Waals surface area contributed by atoms with Crippen LogP contribution in [0.3, 0.4) is 0 Å². The zero-order chi connectivity index (χ0) is 13.1. The number of aromatic nitrogens is 2. The van der Waals surface area contributed by atoms with Crippen LogP contribution in [-0.2, 0) is 11.2 Å². The molecule has 1 unspecified atom stereocenters. The predicted octanol–water partition coefficient (Wildman–Crippen LogP) is 1.71. The zero-order valence-electron chi connectivity index (χ0n) is 10.9. The maximum absolute atomic E-state index is 12.0. The van der Waals surface area contributed by atoms with Crippen LogP contribution in [0.4, 0.5) is 0 Å². The van der Waals surface area contributed by atoms with Gasteiger partial charge in [0.15, 0.2) is 0 Å². The van der Waals surface area contributed by atoms with Crippen molar-refractivity contribution in [3.63, 3.8) is 0 Å². The van der Waals surface area contributed by atoms with E-state index in [9.17, 15) is 9.90 Å². The molecule has 1 aliphatic rings. The minimum Gasteiger partial charge on any atom is -0.493 e. The third kappa shape index (κ3) is 2.72. The van der Waals surface area contributed by atoms with Crippen molar-refractivity contribution in [2.45, 2.75) is 51.0 Å². The van der Waals surface area contributed by atoms with Gasteiger partial charge < -0.3 is 14.8 Å². The van der Waals surface area contributed by atoms with E-state index in [0.29, 0.717) is 17.8 Å². The van der Waals surface area contributed by atoms with E-state index < -0.39 is 0 Å². The molecule has 5 heteroatoms. The number of H-pyrrole nitrogens is 1. The van der Waals surface area contributed by atoms with Crippen molar-refractivity contribution >= 4 is 0 Å². The number of ether oxygens (including phenoxy) is 1. The number of nitrogens with zero attached hydrogens (tertiary/aromatic N) is 1. The van der Waals surface area contributed by atoms with Crippen LogP contribution in [0.5, 0.6) is 5.88 Å². The van der Waals surface area contributed by atoms with E-state index in [2.05, 4.69) is 9.97 Å². The molecule has 0 aromatic carbocycles. The quantitative estimate of drug-likeness (QED) is 0.855. The molecule has 0 aliphatic heterocycles. The summed E-state index contributed by atoms with van der Waals surface area (Å²) in [6.45, 7) is 1.89. The van der Waals surface area contributed by atoms with E-state index in [1.165, 1.54) is 0 Å². The van der Waals surface area contributed by atoms with E-state index in [0.717, 1.165) is 25.7 Å². The second kappa shape index (κ2) is 5.52. The van der Waals surface area contributed by atoms with Gasteiger partial charge in [-0.3, -0.25) is 4.79 Å². The normalized spacial score (nSPS) is 18.1. The van der Waals surface area contributed by atoms with Crippen molar-refractivity contribution in [1.29, 1.82) is 0 Å². The monoisotopic (exact) mass is 252 g/mol. The molecule has 1 aliphatic carbocycles. The van der Waals surface area contributed by atoms with Crippen LogP contribution >= 0.6 is 0 Å². The van der Waals surface area contributed by atoms with E-state index in [4.69, 9.17) is 4.74 Å². The Labute approximate surface area is 106 Å². The highest BCUT2D eigenvalue weighted by Gasteiger charge is 2.24. The van der Waals surface area contributed by atoms with Gasteiger partial charge in [-0.1, -0.05) is 12.8 Å². The van der Waals surface area contributed by atoms with Crippen molar-refractivity contribution in [1.82, 2.24) is 9.97 Å². The summed E-state index contributed by atoms with van der Waals surface area (Å²) in [6, 6.07) is 0. The van der Waals surface area contributed by atoms with Gasteiger partial charge in [-0.2, -0.15) is 4.98 Å². The third-order valence-electron chi connectivity index (χ3n) is 3.63. The molecule has 2 N–H and O–H groups in total. The lowest BCUT2D eigenvalue weighted by atomic mass is 10.00. The lowest BCUT2D eigenvalue weighted by Crippen LogP contribution is -2.21. The first-order chi connectivity index (χ1) is 8.61. The van der Waals surface area contributed by atoms with Crippen molar-refractivity contribution in [3.05, 3.63) is 21.7 Å². The number of hydrogen-bond acceptors (Lipinski definition) is 4. The van der Waals surface area contributed by atoms with Crippen LogP contribution < -0.4 is 5.56 Å². The summed E-state index contributed by atoms with van der Waals surface area (Å²) >= 11 is 0. The largest absolute Gasteiger partial charge is 0.493 e. The molecule has 1 atom stereocenters. The lowest BCUT2D eigenvalue weighted by Gasteiger charge is -2.12. The molecule has 0 saturated heterocycles. The summed E-state index contributed by atoms with van der Waals surface area (Å²) in [7, 11) is 1.61. The molecule has 1 saturated carbocycles. The second-order valence-corrected chi connectivity index (χ2v) is 4.98. The Morgan fingerprint density at radius 3 is 2.72 bits per heavy atom. The average molecular weight is 252 g/mol. The van der Waals surface area contributed by atoms with Gasteiger partial charge in [0.05, 0.1) is 11.7 Å². The molecule has 5 nitrogen and oxygen atoms in total. The molecule has 1 heterocycles. The minimum atomic E-state index is -0.201. The highest BCUT2D eigenvalue weighted by Crippen LogP contribution is 2.35. The summed E-state index contributed by atoms with van der Waals surface area (Å²) in [4.78, 5) is 18.9. The maximum atomic E-state index is 12.0. The molecular formula is C13H20N2O3. The van der Waals surface area contributed by atoms with Gasteiger partial charge in [0.1, 0.15) is 5.82 Å². The first-order valence-electron chi connectivity index (χ1n) is 6.46. The zero-order valence-corrected chi connectivity index (χ0v) is 10.9. The smallest absolute Gasteiger partial charge is 0.258 e. The SMILES string of the molecule is COC(C)Cc1nc(O)c(C2CCCC2)c(=O)[nH]1. The second-order valence-electron chi connectivity index (χ2n) is 4.98. The molecule has 1 aromatic rings. The maximum Gasteiger partial charge on any atom is 0.258 e. The Morgan fingerprint density at radius 1 is 1.50 bits per heavy atom. The van der Waals surface area contributed by atoms with Gasteiger partial charge in [-0.25, -0.2) is 0 Å². The van der Waals surface area contributed by atoms with Crippen LogP contribution in [-0.4, -0.2) is 28.3 Å². The number of rotatable bonds is 4. The average Bonchev–Trinajstić information content (AvgIpc) is 2.81. The van der Waals surface area contributed by atoms with Crippen LogP contribution in [0.1, 0.15) is 49.9 Å². The van der Waals surface area contributed by atoms with E-state index in [-0.39, 0.29) is 23.5 Å². The van der Waals surface area contributed by atoms with Gasteiger partial charge in [0.2, 0.25) is 5.88 Å². The van der Waals surface area contributed by atoms with Crippen molar-refractivity contribution < 1.29 is 9.84 Å². The summed E-state index contributed by atoms with van der Waals surface area (Å²) in [5.41, 5.74) is 0.258. The van der Waals surface area contributed by atoms with Gasteiger partial charge in [-0.15, -0.1) is 0 Å². The number of methoxy groups -OCH3 is 1.